The van der Waals surface area contributed by atoms with Crippen LogP contribution in [0.25, 0.3) is 0 Å². The monoisotopic (exact) mass is 553 g/mol. The van der Waals surface area contributed by atoms with Crippen molar-refractivity contribution in [3.63, 3.8) is 0 Å². The van der Waals surface area contributed by atoms with Gasteiger partial charge in [-0.1, -0.05) is 42.5 Å². The van der Waals surface area contributed by atoms with Gasteiger partial charge in [0.15, 0.2) is 0 Å². The molecule has 0 radical (unpaired) electrons. The van der Waals surface area contributed by atoms with Crippen LogP contribution in [0.15, 0.2) is 54.6 Å². The van der Waals surface area contributed by atoms with Crippen LogP contribution in [0.4, 0.5) is 4.79 Å². The Labute approximate surface area is 235 Å². The van der Waals surface area contributed by atoms with E-state index in [4.69, 9.17) is 15.1 Å². The van der Waals surface area contributed by atoms with Crippen LogP contribution >= 0.6 is 0 Å². The normalized spacial score (nSPS) is 19.5. The first-order chi connectivity index (χ1) is 18.7. The first kappa shape index (κ1) is 32.3. The number of nitriles is 1. The topological polar surface area (TPSA) is 140 Å². The summed E-state index contributed by atoms with van der Waals surface area (Å²) in [5.41, 5.74) is 0.0649. The lowest BCUT2D eigenvalue weighted by Gasteiger charge is -2.46. The molecule has 2 aromatic rings. The van der Waals surface area contributed by atoms with Crippen LogP contribution < -0.4 is 0 Å². The van der Waals surface area contributed by atoms with Crippen molar-refractivity contribution in [1.29, 1.82) is 5.26 Å². The van der Waals surface area contributed by atoms with Gasteiger partial charge in [-0.3, -0.25) is 4.79 Å². The van der Waals surface area contributed by atoms with Gasteiger partial charge in [0.1, 0.15) is 5.60 Å². The highest BCUT2D eigenvalue weighted by molar-refractivity contribution is 5.78. The van der Waals surface area contributed by atoms with E-state index >= 15 is 0 Å². The number of likely N-dealkylation sites (tertiary alicyclic amines) is 1. The second kappa shape index (κ2) is 13.9. The van der Waals surface area contributed by atoms with Crippen LogP contribution in [0, 0.1) is 17.2 Å². The number of carboxylic acid groups (broad SMARTS) is 1. The molecule has 2 aromatic carbocycles. The number of aliphatic hydroxyl groups is 1. The number of carbonyl (C=O) groups excluding carboxylic acids is 2. The van der Waals surface area contributed by atoms with Gasteiger partial charge in [-0.15, -0.1) is 0 Å². The quantitative estimate of drug-likeness (QED) is 0.509. The summed E-state index contributed by atoms with van der Waals surface area (Å²) < 4.78 is 10.1. The van der Waals surface area contributed by atoms with Crippen LogP contribution in [0.3, 0.4) is 0 Å². The van der Waals surface area contributed by atoms with Gasteiger partial charge in [0.25, 0.3) is 0 Å². The van der Waals surface area contributed by atoms with Crippen LogP contribution in [0.1, 0.15) is 56.9 Å². The molecule has 1 saturated heterocycles. The first-order valence-electron chi connectivity index (χ1n) is 13.0. The van der Waals surface area contributed by atoms with E-state index in [9.17, 15) is 19.5 Å². The molecule has 1 unspecified atom stereocenters. The molecule has 1 aliphatic heterocycles. The molecule has 0 spiro atoms. The number of piperidine rings is 1. The zero-order valence-electron chi connectivity index (χ0n) is 24.0. The molecule has 1 aliphatic rings. The average molecular weight is 554 g/mol. The molecule has 1 fully saturated rings. The van der Waals surface area contributed by atoms with Crippen molar-refractivity contribution < 1.29 is 34.1 Å². The van der Waals surface area contributed by atoms with E-state index in [-0.39, 0.29) is 12.0 Å². The van der Waals surface area contributed by atoms with E-state index < -0.39 is 29.2 Å². The average Bonchev–Trinajstić information content (AvgIpc) is 2.88. The Kier molecular flexibility index (Phi) is 11.2. The van der Waals surface area contributed by atoms with Crippen molar-refractivity contribution in [1.82, 2.24) is 9.80 Å². The maximum atomic E-state index is 12.5. The van der Waals surface area contributed by atoms with Crippen molar-refractivity contribution in [3.05, 3.63) is 71.3 Å². The molecule has 3 atom stereocenters. The van der Waals surface area contributed by atoms with Gasteiger partial charge in [0.2, 0.25) is 6.10 Å². The molecule has 1 heterocycles. The third kappa shape index (κ3) is 9.36. The predicted octanol–water partition coefficient (Wildman–Crippen LogP) is 3.94. The Morgan fingerprint density at radius 1 is 1.15 bits per heavy atom. The number of benzene rings is 2. The number of esters is 1. The van der Waals surface area contributed by atoms with Crippen molar-refractivity contribution in [3.8, 4) is 6.07 Å². The number of hydrogen-bond donors (Lipinski definition) is 2. The summed E-state index contributed by atoms with van der Waals surface area (Å²) in [5, 5.41) is 29.5. The fraction of sp³-hybridized carbons (Fsp3) is 0.467. The molecule has 3 rings (SSSR count). The Morgan fingerprint density at radius 3 is 2.33 bits per heavy atom. The number of carboxylic acids is 1. The zero-order chi connectivity index (χ0) is 30.1. The minimum atomic E-state index is -1.21. The summed E-state index contributed by atoms with van der Waals surface area (Å²) in [6.45, 7) is 8.14. The van der Waals surface area contributed by atoms with Crippen molar-refractivity contribution in [2.45, 2.75) is 51.4 Å². The number of hydrogen-bond acceptors (Lipinski definition) is 8. The number of nitrogens with zero attached hydrogens (tertiary/aromatic N) is 3. The summed E-state index contributed by atoms with van der Waals surface area (Å²) in [6, 6.07) is 17.6. The lowest BCUT2D eigenvalue weighted by atomic mass is 9.75. The second-order valence-electron chi connectivity index (χ2n) is 11.0. The molecule has 0 aromatic heterocycles. The molecule has 0 aliphatic carbocycles. The highest BCUT2D eigenvalue weighted by atomic mass is 16.6. The third-order valence-corrected chi connectivity index (χ3v) is 6.22. The number of carbonyl (C=O) groups is 3. The Balaban J connectivity index is 0.000000337. The van der Waals surface area contributed by atoms with Crippen molar-refractivity contribution in [2.24, 2.45) is 5.92 Å². The van der Waals surface area contributed by atoms with Gasteiger partial charge in [0, 0.05) is 38.0 Å². The fourth-order valence-corrected chi connectivity index (χ4v) is 4.45. The number of amides is 1. The maximum absolute atomic E-state index is 12.5. The van der Waals surface area contributed by atoms with Gasteiger partial charge in [0.05, 0.1) is 17.2 Å². The van der Waals surface area contributed by atoms with Crippen LogP contribution in [-0.2, 0) is 24.7 Å². The molecular weight excluding hydrogens is 514 g/mol. The molecule has 10 heteroatoms. The van der Waals surface area contributed by atoms with Crippen LogP contribution in [0.5, 0.6) is 0 Å². The highest BCUT2D eigenvalue weighted by Crippen LogP contribution is 2.38. The minimum Gasteiger partial charge on any atom is -0.478 e. The molecule has 10 nitrogen and oxygen atoms in total. The Morgan fingerprint density at radius 2 is 1.80 bits per heavy atom. The molecule has 216 valence electrons. The molecular formula is C30H39N3O7. The number of aliphatic carboxylic acids is 1. The fourth-order valence-electron chi connectivity index (χ4n) is 4.45. The SMILES string of the molecule is CC(=O)OC(C(=O)O)c1ccccc1.CN(C)C[C@@H]1CN(C(=O)OC(C)(C)C)CC[C@]1(O)c1cccc(C#N)c1. The number of ether oxygens (including phenoxy) is 2. The molecule has 2 N–H and O–H groups in total. The first-order valence-corrected chi connectivity index (χ1v) is 13.0. The van der Waals surface area contributed by atoms with Crippen molar-refractivity contribution in [2.75, 3.05) is 33.7 Å². The van der Waals surface area contributed by atoms with E-state index in [1.54, 1.807) is 53.4 Å². The van der Waals surface area contributed by atoms with Gasteiger partial charge in [-0.2, -0.15) is 5.26 Å². The number of rotatable bonds is 6. The molecule has 0 saturated carbocycles. The van der Waals surface area contributed by atoms with E-state index in [0.29, 0.717) is 37.2 Å². The van der Waals surface area contributed by atoms with E-state index in [1.165, 1.54) is 6.92 Å². The standard InChI is InChI=1S/C20H29N3O3.C10H10O4/c1-19(2,3)26-18(24)23-10-9-20(25,17(14-23)13-22(4)5)16-8-6-7-15(11-16)12-21;1-7(11)14-9(10(12)13)8-5-3-2-4-6-8/h6-8,11,17,25H,9-10,13-14H2,1-5H3;2-6,9H,1H3,(H,12,13)/t17-,20+;/m1./s1. The van der Waals surface area contributed by atoms with Crippen LogP contribution in [-0.4, -0.2) is 77.4 Å². The van der Waals surface area contributed by atoms with Crippen molar-refractivity contribution >= 4 is 18.0 Å². The van der Waals surface area contributed by atoms with E-state index in [0.717, 1.165) is 5.56 Å². The van der Waals surface area contributed by atoms with Gasteiger partial charge in [-0.25, -0.2) is 9.59 Å². The molecule has 0 bridgehead atoms. The third-order valence-electron chi connectivity index (χ3n) is 6.22. The summed E-state index contributed by atoms with van der Waals surface area (Å²) in [4.78, 5) is 37.5. The zero-order valence-corrected chi connectivity index (χ0v) is 24.0. The van der Waals surface area contributed by atoms with Crippen LogP contribution in [0.2, 0.25) is 0 Å². The van der Waals surface area contributed by atoms with Gasteiger partial charge >= 0.3 is 18.0 Å². The largest absolute Gasteiger partial charge is 0.478 e. The summed E-state index contributed by atoms with van der Waals surface area (Å²) in [5.74, 6) is -1.97. The van der Waals surface area contributed by atoms with E-state index in [2.05, 4.69) is 10.8 Å². The summed E-state index contributed by atoms with van der Waals surface area (Å²) in [7, 11) is 3.89. The summed E-state index contributed by atoms with van der Waals surface area (Å²) >= 11 is 0. The lowest BCUT2D eigenvalue weighted by Crippen LogP contribution is -2.55. The maximum Gasteiger partial charge on any atom is 0.410 e. The highest BCUT2D eigenvalue weighted by Gasteiger charge is 2.45. The Bertz CT molecular complexity index is 1200. The predicted molar refractivity (Wildman–Crippen MR) is 148 cm³/mol. The van der Waals surface area contributed by atoms with E-state index in [1.807, 2.05) is 45.8 Å². The minimum absolute atomic E-state index is 0.187. The lowest BCUT2D eigenvalue weighted by molar-refractivity contribution is -0.163. The molecule has 40 heavy (non-hydrogen) atoms. The molecule has 1 amide bonds. The second-order valence-corrected chi connectivity index (χ2v) is 11.0. The smallest absolute Gasteiger partial charge is 0.410 e. The van der Waals surface area contributed by atoms with Gasteiger partial charge < -0.3 is 29.5 Å². The summed E-state index contributed by atoms with van der Waals surface area (Å²) in [6.07, 6.45) is -1.16. The Hall–Kier alpha value is -3.94. The van der Waals surface area contributed by atoms with Gasteiger partial charge in [-0.05, 0) is 59.0 Å².